The van der Waals surface area contributed by atoms with Gasteiger partial charge in [-0.3, -0.25) is 0 Å². The van der Waals surface area contributed by atoms with Gasteiger partial charge in [-0.05, 0) is 36.5 Å². The van der Waals surface area contributed by atoms with E-state index in [-0.39, 0.29) is 17.3 Å². The highest BCUT2D eigenvalue weighted by Crippen LogP contribution is 2.40. The normalized spacial score (nSPS) is 32.6. The van der Waals surface area contributed by atoms with Crippen LogP contribution >= 0.6 is 0 Å². The molecule has 1 N–H and O–H groups in total. The van der Waals surface area contributed by atoms with Crippen LogP contribution in [-0.2, 0) is 9.47 Å². The summed E-state index contributed by atoms with van der Waals surface area (Å²) in [5.74, 6) is -0.195. The number of hydrogen-bond acceptors (Lipinski definition) is 3. The Morgan fingerprint density at radius 1 is 1.37 bits per heavy atom. The summed E-state index contributed by atoms with van der Waals surface area (Å²) in [7, 11) is 0. The molecule has 2 aliphatic rings. The first-order chi connectivity index (χ1) is 9.19. The second kappa shape index (κ2) is 5.19. The lowest BCUT2D eigenvalue weighted by Crippen LogP contribution is -2.41. The molecule has 3 nitrogen and oxygen atoms in total. The van der Waals surface area contributed by atoms with Crippen LogP contribution in [0.5, 0.6) is 0 Å². The van der Waals surface area contributed by atoms with Crippen LogP contribution in [-0.4, -0.2) is 30.5 Å². The molecular formula is C15H19FO3. The van der Waals surface area contributed by atoms with Gasteiger partial charge in [0.2, 0.25) is 0 Å². The van der Waals surface area contributed by atoms with Crippen LogP contribution in [0.1, 0.15) is 30.9 Å². The van der Waals surface area contributed by atoms with E-state index in [0.717, 1.165) is 25.9 Å². The Hall–Kier alpha value is -0.970. The molecule has 2 heterocycles. The van der Waals surface area contributed by atoms with Crippen LogP contribution in [0.2, 0.25) is 0 Å². The summed E-state index contributed by atoms with van der Waals surface area (Å²) in [4.78, 5) is 0. The van der Waals surface area contributed by atoms with E-state index in [9.17, 15) is 9.50 Å². The zero-order valence-electron chi connectivity index (χ0n) is 10.8. The van der Waals surface area contributed by atoms with Crippen molar-refractivity contribution in [3.05, 3.63) is 35.6 Å². The molecule has 3 atom stereocenters. The van der Waals surface area contributed by atoms with Crippen LogP contribution in [0.3, 0.4) is 0 Å². The lowest BCUT2D eigenvalue weighted by atomic mass is 9.80. The summed E-state index contributed by atoms with van der Waals surface area (Å²) < 4.78 is 24.5. The number of ether oxygens (including phenoxy) is 2. The van der Waals surface area contributed by atoms with E-state index >= 15 is 0 Å². The molecule has 0 aromatic heterocycles. The fourth-order valence-corrected chi connectivity index (χ4v) is 3.16. The quantitative estimate of drug-likeness (QED) is 0.893. The first-order valence-corrected chi connectivity index (χ1v) is 6.84. The number of aliphatic hydroxyl groups is 1. The third-order valence-electron chi connectivity index (χ3n) is 4.23. The number of halogens is 1. The summed E-state index contributed by atoms with van der Waals surface area (Å²) in [6.45, 7) is 1.97. The molecule has 3 rings (SSSR count). The van der Waals surface area contributed by atoms with Crippen molar-refractivity contribution in [2.75, 3.05) is 19.8 Å². The molecular weight excluding hydrogens is 247 g/mol. The molecule has 2 aliphatic heterocycles. The van der Waals surface area contributed by atoms with E-state index in [4.69, 9.17) is 9.47 Å². The standard InChI is InChI=1S/C15H19FO3/c16-13-3-1-2-11(8-13)14(17)12-4-6-19-15(9-12)5-7-18-10-15/h1-3,8,12,14,17H,4-7,9-10H2. The molecule has 1 aromatic carbocycles. The van der Waals surface area contributed by atoms with Crippen molar-refractivity contribution >= 4 is 0 Å². The maximum absolute atomic E-state index is 13.2. The lowest BCUT2D eigenvalue weighted by molar-refractivity contribution is -0.117. The van der Waals surface area contributed by atoms with Gasteiger partial charge < -0.3 is 14.6 Å². The molecule has 0 radical (unpaired) electrons. The Kier molecular flexibility index (Phi) is 3.56. The Labute approximate surface area is 112 Å². The van der Waals surface area contributed by atoms with Crippen LogP contribution < -0.4 is 0 Å². The molecule has 0 saturated carbocycles. The van der Waals surface area contributed by atoms with Crippen molar-refractivity contribution < 1.29 is 19.0 Å². The second-order valence-electron chi connectivity index (χ2n) is 5.59. The predicted molar refractivity (Wildman–Crippen MR) is 68.2 cm³/mol. The van der Waals surface area contributed by atoms with Crippen LogP contribution in [0.15, 0.2) is 24.3 Å². The van der Waals surface area contributed by atoms with Crippen molar-refractivity contribution in [1.29, 1.82) is 0 Å². The van der Waals surface area contributed by atoms with Gasteiger partial charge in [0.1, 0.15) is 5.82 Å². The van der Waals surface area contributed by atoms with Gasteiger partial charge in [0, 0.05) is 19.6 Å². The van der Waals surface area contributed by atoms with Crippen molar-refractivity contribution in [2.45, 2.75) is 31.0 Å². The van der Waals surface area contributed by atoms with Crippen LogP contribution in [0, 0.1) is 11.7 Å². The third kappa shape index (κ3) is 2.66. The Balaban J connectivity index is 1.74. The largest absolute Gasteiger partial charge is 0.388 e. The van der Waals surface area contributed by atoms with E-state index in [0.29, 0.717) is 18.8 Å². The Bertz CT molecular complexity index is 443. The van der Waals surface area contributed by atoms with Gasteiger partial charge in [-0.15, -0.1) is 0 Å². The van der Waals surface area contributed by atoms with E-state index < -0.39 is 6.10 Å². The van der Waals surface area contributed by atoms with Crippen molar-refractivity contribution in [1.82, 2.24) is 0 Å². The average Bonchev–Trinajstić information content (AvgIpc) is 2.86. The molecule has 0 amide bonds. The first-order valence-electron chi connectivity index (χ1n) is 6.84. The van der Waals surface area contributed by atoms with Gasteiger partial charge in [-0.2, -0.15) is 0 Å². The molecule has 2 saturated heterocycles. The molecule has 4 heteroatoms. The van der Waals surface area contributed by atoms with Gasteiger partial charge in [0.05, 0.1) is 18.3 Å². The van der Waals surface area contributed by atoms with E-state index in [1.54, 1.807) is 12.1 Å². The first kappa shape index (κ1) is 13.0. The number of aliphatic hydroxyl groups excluding tert-OH is 1. The van der Waals surface area contributed by atoms with Crippen LogP contribution in [0.4, 0.5) is 4.39 Å². The Morgan fingerprint density at radius 3 is 3.00 bits per heavy atom. The zero-order chi connectivity index (χ0) is 13.3. The molecule has 2 fully saturated rings. The zero-order valence-corrected chi connectivity index (χ0v) is 10.8. The highest BCUT2D eigenvalue weighted by molar-refractivity contribution is 5.19. The number of hydrogen-bond donors (Lipinski definition) is 1. The van der Waals surface area contributed by atoms with E-state index in [2.05, 4.69) is 0 Å². The summed E-state index contributed by atoms with van der Waals surface area (Å²) in [5, 5.41) is 10.5. The average molecular weight is 266 g/mol. The minimum atomic E-state index is -0.628. The molecule has 3 unspecified atom stereocenters. The highest BCUT2D eigenvalue weighted by atomic mass is 19.1. The lowest BCUT2D eigenvalue weighted by Gasteiger charge is -2.39. The monoisotopic (exact) mass is 266 g/mol. The molecule has 0 bridgehead atoms. The SMILES string of the molecule is OC(c1cccc(F)c1)C1CCOC2(CCOC2)C1. The molecule has 104 valence electrons. The van der Waals surface area contributed by atoms with Gasteiger partial charge in [0.25, 0.3) is 0 Å². The van der Waals surface area contributed by atoms with E-state index in [1.807, 2.05) is 0 Å². The summed E-state index contributed by atoms with van der Waals surface area (Å²) in [5.41, 5.74) is 0.429. The van der Waals surface area contributed by atoms with Gasteiger partial charge in [0.15, 0.2) is 0 Å². The van der Waals surface area contributed by atoms with Gasteiger partial charge in [-0.25, -0.2) is 4.39 Å². The minimum absolute atomic E-state index is 0.109. The predicted octanol–water partition coefficient (Wildman–Crippen LogP) is 2.44. The van der Waals surface area contributed by atoms with Crippen molar-refractivity contribution in [2.24, 2.45) is 5.92 Å². The maximum Gasteiger partial charge on any atom is 0.123 e. The summed E-state index contributed by atoms with van der Waals surface area (Å²) >= 11 is 0. The summed E-state index contributed by atoms with van der Waals surface area (Å²) in [6, 6.07) is 6.23. The minimum Gasteiger partial charge on any atom is -0.388 e. The maximum atomic E-state index is 13.2. The topological polar surface area (TPSA) is 38.7 Å². The fraction of sp³-hybridized carbons (Fsp3) is 0.600. The van der Waals surface area contributed by atoms with Gasteiger partial charge >= 0.3 is 0 Å². The molecule has 1 spiro atoms. The third-order valence-corrected chi connectivity index (χ3v) is 4.23. The highest BCUT2D eigenvalue weighted by Gasteiger charge is 2.42. The van der Waals surface area contributed by atoms with E-state index in [1.165, 1.54) is 12.1 Å². The van der Waals surface area contributed by atoms with Crippen molar-refractivity contribution in [3.8, 4) is 0 Å². The molecule has 1 aromatic rings. The second-order valence-corrected chi connectivity index (χ2v) is 5.59. The fourth-order valence-electron chi connectivity index (χ4n) is 3.16. The molecule has 0 aliphatic carbocycles. The number of benzene rings is 1. The number of rotatable bonds is 2. The molecule has 19 heavy (non-hydrogen) atoms. The van der Waals surface area contributed by atoms with Crippen LogP contribution in [0.25, 0.3) is 0 Å². The smallest absolute Gasteiger partial charge is 0.123 e. The summed E-state index contributed by atoms with van der Waals surface area (Å²) in [6.07, 6.45) is 1.85. The Morgan fingerprint density at radius 2 is 2.26 bits per heavy atom. The van der Waals surface area contributed by atoms with Crippen molar-refractivity contribution in [3.63, 3.8) is 0 Å². The van der Waals surface area contributed by atoms with Gasteiger partial charge in [-0.1, -0.05) is 12.1 Å².